The van der Waals surface area contributed by atoms with Crippen LogP contribution in [0.25, 0.3) is 0 Å². The Morgan fingerprint density at radius 3 is 2.85 bits per heavy atom. The fraction of sp³-hybridized carbons (Fsp3) is 0.615. The maximum absolute atomic E-state index is 12.1. The number of carbonyl (C=O) groups excluding carboxylic acids is 1. The molecule has 1 saturated carbocycles. The van der Waals surface area contributed by atoms with Crippen molar-refractivity contribution in [3.63, 3.8) is 0 Å². The molecule has 1 fully saturated rings. The van der Waals surface area contributed by atoms with E-state index in [1.54, 1.807) is 7.05 Å². The van der Waals surface area contributed by atoms with Crippen molar-refractivity contribution in [2.24, 2.45) is 13.0 Å². The predicted molar refractivity (Wildman–Crippen MR) is 76.0 cm³/mol. The molecule has 1 heterocycles. The second-order valence-electron chi connectivity index (χ2n) is 5.22. The third kappa shape index (κ3) is 3.30. The maximum atomic E-state index is 12.1. The van der Waals surface area contributed by atoms with Crippen molar-refractivity contribution in [1.29, 1.82) is 0 Å². The van der Waals surface area contributed by atoms with Gasteiger partial charge in [-0.25, -0.2) is 0 Å². The van der Waals surface area contributed by atoms with Crippen molar-refractivity contribution in [3.05, 3.63) is 28.1 Å². The standard InChI is InChI=1S/C13H18ClN3O3/c1-16-8-10(17(19)20)6-12(16)13(18)15-7-9-4-2-3-5-11(9)14/h6,8-9,11H,2-5,7H2,1H3,(H,15,18). The molecule has 0 radical (unpaired) electrons. The van der Waals surface area contributed by atoms with Gasteiger partial charge in [-0.2, -0.15) is 0 Å². The minimum atomic E-state index is -0.507. The summed E-state index contributed by atoms with van der Waals surface area (Å²) in [6, 6.07) is 1.29. The summed E-state index contributed by atoms with van der Waals surface area (Å²) >= 11 is 6.24. The smallest absolute Gasteiger partial charge is 0.287 e. The highest BCUT2D eigenvalue weighted by Crippen LogP contribution is 2.28. The van der Waals surface area contributed by atoms with Gasteiger partial charge in [0.2, 0.25) is 0 Å². The Labute approximate surface area is 122 Å². The number of rotatable bonds is 4. The van der Waals surface area contributed by atoms with Gasteiger partial charge in [0.1, 0.15) is 5.69 Å². The van der Waals surface area contributed by atoms with Crippen LogP contribution in [-0.4, -0.2) is 27.3 Å². The zero-order chi connectivity index (χ0) is 14.7. The molecule has 7 heteroatoms. The first-order chi connectivity index (χ1) is 9.49. The van der Waals surface area contributed by atoms with Gasteiger partial charge in [0.25, 0.3) is 11.6 Å². The number of hydrogen-bond acceptors (Lipinski definition) is 3. The molecule has 2 unspecified atom stereocenters. The van der Waals surface area contributed by atoms with Crippen LogP contribution in [-0.2, 0) is 7.05 Å². The molecule has 0 aromatic carbocycles. The molecular weight excluding hydrogens is 282 g/mol. The Morgan fingerprint density at radius 1 is 1.55 bits per heavy atom. The van der Waals surface area contributed by atoms with E-state index in [2.05, 4.69) is 5.32 Å². The lowest BCUT2D eigenvalue weighted by Gasteiger charge is -2.27. The van der Waals surface area contributed by atoms with Crippen LogP contribution in [0.5, 0.6) is 0 Å². The van der Waals surface area contributed by atoms with Gasteiger partial charge >= 0.3 is 0 Å². The quantitative estimate of drug-likeness (QED) is 0.527. The number of nitrogens with zero attached hydrogens (tertiary/aromatic N) is 2. The fourth-order valence-corrected chi connectivity index (χ4v) is 2.95. The zero-order valence-corrected chi connectivity index (χ0v) is 12.1. The average Bonchev–Trinajstić information content (AvgIpc) is 2.80. The summed E-state index contributed by atoms with van der Waals surface area (Å²) in [6.07, 6.45) is 5.61. The number of nitro groups is 1. The van der Waals surface area contributed by atoms with Crippen LogP contribution in [0.1, 0.15) is 36.2 Å². The van der Waals surface area contributed by atoms with Gasteiger partial charge in [0, 0.05) is 25.0 Å². The SMILES string of the molecule is Cn1cc([N+](=O)[O-])cc1C(=O)NCC1CCCCC1Cl. The Morgan fingerprint density at radius 2 is 2.25 bits per heavy atom. The maximum Gasteiger partial charge on any atom is 0.287 e. The average molecular weight is 300 g/mol. The Bertz CT molecular complexity index is 515. The first-order valence-electron chi connectivity index (χ1n) is 6.72. The summed E-state index contributed by atoms with van der Waals surface area (Å²) < 4.78 is 1.46. The molecule has 6 nitrogen and oxygen atoms in total. The van der Waals surface area contributed by atoms with E-state index in [4.69, 9.17) is 11.6 Å². The minimum Gasteiger partial charge on any atom is -0.350 e. The van der Waals surface area contributed by atoms with Crippen molar-refractivity contribution in [3.8, 4) is 0 Å². The number of halogens is 1. The zero-order valence-electron chi connectivity index (χ0n) is 11.3. The highest BCUT2D eigenvalue weighted by molar-refractivity contribution is 6.20. The van der Waals surface area contributed by atoms with E-state index >= 15 is 0 Å². The van der Waals surface area contributed by atoms with Crippen LogP contribution in [0.2, 0.25) is 0 Å². The lowest BCUT2D eigenvalue weighted by Crippen LogP contribution is -2.35. The Balaban J connectivity index is 1.96. The monoisotopic (exact) mass is 299 g/mol. The van der Waals surface area contributed by atoms with Gasteiger partial charge < -0.3 is 9.88 Å². The Hall–Kier alpha value is -1.56. The van der Waals surface area contributed by atoms with Crippen LogP contribution in [0.15, 0.2) is 12.3 Å². The number of hydrogen-bond donors (Lipinski definition) is 1. The summed E-state index contributed by atoms with van der Waals surface area (Å²) in [5.74, 6) is -0.0142. The summed E-state index contributed by atoms with van der Waals surface area (Å²) in [4.78, 5) is 22.2. The number of aryl methyl sites for hydroxylation is 1. The molecule has 1 aliphatic carbocycles. The highest BCUT2D eigenvalue weighted by Gasteiger charge is 2.24. The summed E-state index contributed by atoms with van der Waals surface area (Å²) in [6.45, 7) is 0.520. The van der Waals surface area contributed by atoms with Gasteiger partial charge in [0.05, 0.1) is 11.1 Å². The van der Waals surface area contributed by atoms with E-state index in [1.165, 1.54) is 16.8 Å². The molecule has 2 atom stereocenters. The largest absolute Gasteiger partial charge is 0.350 e. The molecular formula is C13H18ClN3O3. The molecule has 1 aromatic rings. The van der Waals surface area contributed by atoms with Crippen LogP contribution < -0.4 is 5.32 Å². The summed E-state index contributed by atoms with van der Waals surface area (Å²) in [5, 5.41) is 13.6. The molecule has 20 heavy (non-hydrogen) atoms. The molecule has 1 amide bonds. The van der Waals surface area contributed by atoms with Crippen molar-refractivity contribution in [2.75, 3.05) is 6.54 Å². The number of aromatic nitrogens is 1. The Kier molecular flexibility index (Phi) is 4.65. The van der Waals surface area contributed by atoms with Crippen LogP contribution in [0, 0.1) is 16.0 Å². The lowest BCUT2D eigenvalue weighted by molar-refractivity contribution is -0.384. The number of alkyl halides is 1. The molecule has 0 aliphatic heterocycles. The topological polar surface area (TPSA) is 77.2 Å². The molecule has 1 aliphatic rings. The van der Waals surface area contributed by atoms with Crippen LogP contribution in [0.3, 0.4) is 0 Å². The second-order valence-corrected chi connectivity index (χ2v) is 5.78. The molecule has 1 N–H and O–H groups in total. The molecule has 2 rings (SSSR count). The van der Waals surface area contributed by atoms with E-state index in [0.717, 1.165) is 25.7 Å². The summed E-state index contributed by atoms with van der Waals surface area (Å²) in [7, 11) is 1.62. The van der Waals surface area contributed by atoms with E-state index < -0.39 is 4.92 Å². The van der Waals surface area contributed by atoms with Crippen molar-refractivity contribution >= 4 is 23.2 Å². The molecule has 0 bridgehead atoms. The first kappa shape index (κ1) is 14.8. The van der Waals surface area contributed by atoms with Gasteiger partial charge in [-0.05, 0) is 18.8 Å². The van der Waals surface area contributed by atoms with Crippen LogP contribution in [0.4, 0.5) is 5.69 Å². The molecule has 1 aromatic heterocycles. The van der Waals surface area contributed by atoms with E-state index in [0.29, 0.717) is 12.2 Å². The molecule has 110 valence electrons. The molecule has 0 spiro atoms. The third-order valence-electron chi connectivity index (χ3n) is 3.78. The van der Waals surface area contributed by atoms with E-state index in [9.17, 15) is 14.9 Å². The number of carbonyl (C=O) groups is 1. The van der Waals surface area contributed by atoms with Gasteiger partial charge in [0.15, 0.2) is 0 Å². The third-order valence-corrected chi connectivity index (χ3v) is 4.35. The minimum absolute atomic E-state index is 0.0782. The molecule has 0 saturated heterocycles. The van der Waals surface area contributed by atoms with Crippen molar-refractivity contribution in [2.45, 2.75) is 31.1 Å². The normalized spacial score (nSPS) is 22.5. The van der Waals surface area contributed by atoms with E-state index in [1.807, 2.05) is 0 Å². The first-order valence-corrected chi connectivity index (χ1v) is 7.15. The van der Waals surface area contributed by atoms with Gasteiger partial charge in [-0.1, -0.05) is 12.8 Å². The van der Waals surface area contributed by atoms with Crippen molar-refractivity contribution in [1.82, 2.24) is 9.88 Å². The second kappa shape index (κ2) is 6.26. The van der Waals surface area contributed by atoms with Crippen molar-refractivity contribution < 1.29 is 9.72 Å². The lowest BCUT2D eigenvalue weighted by atomic mass is 9.89. The number of nitrogens with one attached hydrogen (secondary N) is 1. The highest BCUT2D eigenvalue weighted by atomic mass is 35.5. The van der Waals surface area contributed by atoms with Crippen LogP contribution >= 0.6 is 11.6 Å². The van der Waals surface area contributed by atoms with Gasteiger partial charge in [-0.15, -0.1) is 11.6 Å². The number of amides is 1. The summed E-state index contributed by atoms with van der Waals surface area (Å²) in [5.41, 5.74) is 0.212. The fourth-order valence-electron chi connectivity index (χ4n) is 2.58. The predicted octanol–water partition coefficient (Wildman–Crippen LogP) is 2.46. The van der Waals surface area contributed by atoms with Gasteiger partial charge in [-0.3, -0.25) is 14.9 Å². The van der Waals surface area contributed by atoms with E-state index in [-0.39, 0.29) is 22.9 Å².